The van der Waals surface area contributed by atoms with Gasteiger partial charge in [0, 0.05) is 15.7 Å². The summed E-state index contributed by atoms with van der Waals surface area (Å²) >= 11 is 3.37. The summed E-state index contributed by atoms with van der Waals surface area (Å²) in [6.07, 6.45) is 0. The van der Waals surface area contributed by atoms with Crippen LogP contribution in [-0.4, -0.2) is 5.91 Å². The molecule has 0 bridgehead atoms. The zero-order chi connectivity index (χ0) is 13.8. The zero-order valence-corrected chi connectivity index (χ0v) is 11.9. The minimum absolute atomic E-state index is 0.195. The van der Waals surface area contributed by atoms with Crippen molar-refractivity contribution in [1.29, 1.82) is 5.26 Å². The highest BCUT2D eigenvalue weighted by molar-refractivity contribution is 9.10. The monoisotopic (exact) mass is 314 g/mol. The van der Waals surface area contributed by atoms with Gasteiger partial charge in [-0.3, -0.25) is 4.79 Å². The van der Waals surface area contributed by atoms with Crippen LogP contribution in [0.2, 0.25) is 0 Å². The number of nitriles is 1. The topological polar surface area (TPSA) is 52.9 Å². The highest BCUT2D eigenvalue weighted by Crippen LogP contribution is 2.17. The summed E-state index contributed by atoms with van der Waals surface area (Å²) in [5.41, 5.74) is 2.71. The third kappa shape index (κ3) is 3.43. The van der Waals surface area contributed by atoms with Gasteiger partial charge in [-0.05, 0) is 48.9 Å². The molecule has 0 aromatic heterocycles. The van der Waals surface area contributed by atoms with E-state index in [0.29, 0.717) is 16.8 Å². The van der Waals surface area contributed by atoms with Crippen LogP contribution < -0.4 is 5.32 Å². The van der Waals surface area contributed by atoms with Crippen LogP contribution >= 0.6 is 15.9 Å². The van der Waals surface area contributed by atoms with Crippen LogP contribution in [0.3, 0.4) is 0 Å². The fourth-order valence-electron chi connectivity index (χ4n) is 1.74. The third-order valence-corrected chi connectivity index (χ3v) is 3.01. The molecule has 0 atom stereocenters. The first kappa shape index (κ1) is 13.3. The van der Waals surface area contributed by atoms with Gasteiger partial charge >= 0.3 is 0 Å². The summed E-state index contributed by atoms with van der Waals surface area (Å²) < 4.78 is 0.864. The van der Waals surface area contributed by atoms with Gasteiger partial charge in [0.1, 0.15) is 0 Å². The normalized spacial score (nSPS) is 9.74. The molecule has 0 radical (unpaired) electrons. The molecule has 94 valence electrons. The molecule has 0 unspecified atom stereocenters. The summed E-state index contributed by atoms with van der Waals surface area (Å²) in [5.74, 6) is -0.195. The first-order valence-electron chi connectivity index (χ1n) is 5.67. The van der Waals surface area contributed by atoms with Crippen LogP contribution in [-0.2, 0) is 0 Å². The highest BCUT2D eigenvalue weighted by atomic mass is 79.9. The van der Waals surface area contributed by atoms with Crippen molar-refractivity contribution in [2.24, 2.45) is 0 Å². The molecule has 0 saturated heterocycles. The Morgan fingerprint density at radius 3 is 2.74 bits per heavy atom. The Hall–Kier alpha value is -2.12. The van der Waals surface area contributed by atoms with Crippen LogP contribution in [0.1, 0.15) is 21.5 Å². The number of aryl methyl sites for hydroxylation is 1. The average Bonchev–Trinajstić information content (AvgIpc) is 2.37. The summed E-state index contributed by atoms with van der Waals surface area (Å²) in [4.78, 5) is 12.1. The minimum atomic E-state index is -0.195. The molecule has 0 saturated carbocycles. The van der Waals surface area contributed by atoms with Crippen LogP contribution in [0, 0.1) is 18.3 Å². The number of benzene rings is 2. The van der Waals surface area contributed by atoms with E-state index >= 15 is 0 Å². The lowest BCUT2D eigenvalue weighted by Crippen LogP contribution is -2.12. The molecule has 1 N–H and O–H groups in total. The van der Waals surface area contributed by atoms with E-state index in [2.05, 4.69) is 21.2 Å². The fourth-order valence-corrected chi connectivity index (χ4v) is 2.34. The van der Waals surface area contributed by atoms with Crippen molar-refractivity contribution >= 4 is 27.5 Å². The first-order chi connectivity index (χ1) is 9.08. The van der Waals surface area contributed by atoms with E-state index < -0.39 is 0 Å². The molecule has 19 heavy (non-hydrogen) atoms. The van der Waals surface area contributed by atoms with Gasteiger partial charge in [0.2, 0.25) is 0 Å². The van der Waals surface area contributed by atoms with Crippen molar-refractivity contribution in [3.63, 3.8) is 0 Å². The number of carbonyl (C=O) groups is 1. The van der Waals surface area contributed by atoms with Crippen LogP contribution in [0.25, 0.3) is 0 Å². The summed E-state index contributed by atoms with van der Waals surface area (Å²) in [7, 11) is 0. The van der Waals surface area contributed by atoms with E-state index in [9.17, 15) is 4.79 Å². The molecule has 0 fully saturated rings. The number of nitrogens with zero attached hydrogens (tertiary/aromatic N) is 1. The Morgan fingerprint density at radius 2 is 2.05 bits per heavy atom. The lowest BCUT2D eigenvalue weighted by atomic mass is 10.1. The third-order valence-electron chi connectivity index (χ3n) is 2.55. The number of hydrogen-bond donors (Lipinski definition) is 1. The van der Waals surface area contributed by atoms with Crippen molar-refractivity contribution < 1.29 is 4.79 Å². The molecule has 0 aliphatic heterocycles. The SMILES string of the molecule is Cc1cc(Br)cc(C(=O)Nc2cccc(C#N)c2)c1. The number of halogens is 1. The van der Waals surface area contributed by atoms with Gasteiger partial charge in [-0.15, -0.1) is 0 Å². The van der Waals surface area contributed by atoms with E-state index in [1.54, 1.807) is 30.3 Å². The van der Waals surface area contributed by atoms with Gasteiger partial charge in [-0.2, -0.15) is 5.26 Å². The molecule has 2 rings (SSSR count). The first-order valence-corrected chi connectivity index (χ1v) is 6.46. The van der Waals surface area contributed by atoms with Crippen LogP contribution in [0.15, 0.2) is 46.9 Å². The second-order valence-electron chi connectivity index (χ2n) is 4.16. The fraction of sp³-hybridized carbons (Fsp3) is 0.0667. The Kier molecular flexibility index (Phi) is 3.98. The largest absolute Gasteiger partial charge is 0.322 e. The van der Waals surface area contributed by atoms with Gasteiger partial charge in [-0.25, -0.2) is 0 Å². The lowest BCUT2D eigenvalue weighted by Gasteiger charge is -2.07. The van der Waals surface area contributed by atoms with E-state index in [4.69, 9.17) is 5.26 Å². The van der Waals surface area contributed by atoms with E-state index in [-0.39, 0.29) is 5.91 Å². The molecule has 0 aliphatic rings. The molecular weight excluding hydrogens is 304 g/mol. The predicted octanol–water partition coefficient (Wildman–Crippen LogP) is 3.88. The molecule has 3 nitrogen and oxygen atoms in total. The number of nitrogens with one attached hydrogen (secondary N) is 1. The molecule has 2 aromatic carbocycles. The Balaban J connectivity index is 2.23. The summed E-state index contributed by atoms with van der Waals surface area (Å²) in [6.45, 7) is 1.93. The molecule has 0 spiro atoms. The second-order valence-corrected chi connectivity index (χ2v) is 5.08. The van der Waals surface area contributed by atoms with E-state index in [1.807, 2.05) is 25.1 Å². The maximum Gasteiger partial charge on any atom is 0.255 e. The predicted molar refractivity (Wildman–Crippen MR) is 78.0 cm³/mol. The smallest absolute Gasteiger partial charge is 0.255 e. The Bertz CT molecular complexity index is 654. The van der Waals surface area contributed by atoms with Crippen molar-refractivity contribution in [2.45, 2.75) is 6.92 Å². The van der Waals surface area contributed by atoms with Crippen LogP contribution in [0.5, 0.6) is 0 Å². The van der Waals surface area contributed by atoms with Gasteiger partial charge < -0.3 is 5.32 Å². The molecule has 2 aromatic rings. The van der Waals surface area contributed by atoms with Gasteiger partial charge in [-0.1, -0.05) is 22.0 Å². The second kappa shape index (κ2) is 5.68. The van der Waals surface area contributed by atoms with Crippen molar-refractivity contribution in [2.75, 3.05) is 5.32 Å². The Morgan fingerprint density at radius 1 is 1.26 bits per heavy atom. The molecular formula is C15H11BrN2O. The number of amides is 1. The van der Waals surface area contributed by atoms with Crippen LogP contribution in [0.4, 0.5) is 5.69 Å². The lowest BCUT2D eigenvalue weighted by molar-refractivity contribution is 0.102. The molecule has 1 amide bonds. The highest BCUT2D eigenvalue weighted by Gasteiger charge is 2.07. The van der Waals surface area contributed by atoms with E-state index in [1.165, 1.54) is 0 Å². The number of rotatable bonds is 2. The summed E-state index contributed by atoms with van der Waals surface area (Å²) in [5, 5.41) is 11.6. The van der Waals surface area contributed by atoms with Gasteiger partial charge in [0.25, 0.3) is 5.91 Å². The van der Waals surface area contributed by atoms with Gasteiger partial charge in [0.15, 0.2) is 0 Å². The van der Waals surface area contributed by atoms with Crippen molar-refractivity contribution in [3.8, 4) is 6.07 Å². The number of carbonyl (C=O) groups excluding carboxylic acids is 1. The maximum absolute atomic E-state index is 12.1. The standard InChI is InChI=1S/C15H11BrN2O/c1-10-5-12(8-13(16)6-10)15(19)18-14-4-2-3-11(7-14)9-17/h2-8H,1H3,(H,18,19). The van der Waals surface area contributed by atoms with Crippen molar-refractivity contribution in [1.82, 2.24) is 0 Å². The number of anilines is 1. The van der Waals surface area contributed by atoms with E-state index in [0.717, 1.165) is 10.0 Å². The van der Waals surface area contributed by atoms with Crippen molar-refractivity contribution in [3.05, 3.63) is 63.6 Å². The average molecular weight is 315 g/mol. The molecule has 4 heteroatoms. The van der Waals surface area contributed by atoms with Gasteiger partial charge in [0.05, 0.1) is 11.6 Å². The Labute approximate surface area is 120 Å². The molecule has 0 aliphatic carbocycles. The summed E-state index contributed by atoms with van der Waals surface area (Å²) in [6, 6.07) is 14.4. The number of hydrogen-bond acceptors (Lipinski definition) is 2. The molecule has 0 heterocycles. The maximum atomic E-state index is 12.1. The quantitative estimate of drug-likeness (QED) is 0.914. The minimum Gasteiger partial charge on any atom is -0.322 e. The zero-order valence-electron chi connectivity index (χ0n) is 10.3.